The van der Waals surface area contributed by atoms with E-state index in [2.05, 4.69) is 52.0 Å². The Hall–Kier alpha value is -3.64. The molecule has 1 atom stereocenters. The number of aromatic amines is 1. The Bertz CT molecular complexity index is 1660. The number of amides is 3. The van der Waals surface area contributed by atoms with Crippen molar-refractivity contribution in [3.05, 3.63) is 92.0 Å². The molecule has 224 valence electrons. The first-order chi connectivity index (χ1) is 20.9. The molecule has 12 heteroatoms. The van der Waals surface area contributed by atoms with Crippen molar-refractivity contribution >= 4 is 60.5 Å². The number of rotatable bonds is 6. The topological polar surface area (TPSA) is 107 Å². The summed E-state index contributed by atoms with van der Waals surface area (Å²) in [6.45, 7) is 3.54. The summed E-state index contributed by atoms with van der Waals surface area (Å²) in [5.74, 6) is -0.0881. The first-order valence-corrected chi connectivity index (χ1v) is 16.1. The molecule has 2 aliphatic heterocycles. The summed E-state index contributed by atoms with van der Waals surface area (Å²) in [5, 5.41) is 3.08. The Morgan fingerprint density at radius 1 is 0.930 bits per heavy atom. The van der Waals surface area contributed by atoms with Gasteiger partial charge in [-0.2, -0.15) is 0 Å². The minimum absolute atomic E-state index is 0.000514. The van der Waals surface area contributed by atoms with Crippen LogP contribution in [-0.4, -0.2) is 81.6 Å². The highest BCUT2D eigenvalue weighted by Crippen LogP contribution is 2.26. The largest absolute Gasteiger partial charge is 0.368 e. The number of benzene rings is 2. The van der Waals surface area contributed by atoms with E-state index in [1.807, 2.05) is 64.1 Å². The Morgan fingerprint density at radius 3 is 2.40 bits per heavy atom. The molecule has 0 radical (unpaired) electrons. The number of anilines is 1. The number of halogens is 2. The van der Waals surface area contributed by atoms with Gasteiger partial charge in [-0.1, -0.05) is 44.0 Å². The summed E-state index contributed by atoms with van der Waals surface area (Å²) >= 11 is 7.15. The molecule has 2 aromatic carbocycles. The number of pyridine rings is 1. The van der Waals surface area contributed by atoms with Crippen LogP contribution in [0.2, 0.25) is 0 Å². The zero-order valence-corrected chi connectivity index (χ0v) is 26.8. The number of likely N-dealkylation sites (tertiary alicyclic amines) is 1. The molecule has 2 fully saturated rings. The van der Waals surface area contributed by atoms with Gasteiger partial charge in [0, 0.05) is 78.8 Å². The van der Waals surface area contributed by atoms with E-state index in [1.54, 1.807) is 17.3 Å². The molecule has 2 saturated heterocycles. The number of carbonyl (C=O) groups is 2. The van der Waals surface area contributed by atoms with Gasteiger partial charge < -0.3 is 25.0 Å². The fourth-order valence-corrected chi connectivity index (χ4v) is 6.90. The van der Waals surface area contributed by atoms with Gasteiger partial charge in [-0.25, -0.2) is 9.59 Å². The summed E-state index contributed by atoms with van der Waals surface area (Å²) in [6.07, 6.45) is 5.21. The van der Waals surface area contributed by atoms with Gasteiger partial charge in [0.2, 0.25) is 5.91 Å². The van der Waals surface area contributed by atoms with Crippen molar-refractivity contribution in [1.29, 1.82) is 0 Å². The lowest BCUT2D eigenvalue weighted by atomic mass is 10.0. The van der Waals surface area contributed by atoms with E-state index in [1.165, 1.54) is 0 Å². The van der Waals surface area contributed by atoms with Crippen LogP contribution < -0.4 is 15.9 Å². The van der Waals surface area contributed by atoms with E-state index < -0.39 is 6.04 Å². The lowest BCUT2D eigenvalue weighted by Crippen LogP contribution is -2.57. The highest BCUT2D eigenvalue weighted by Gasteiger charge is 2.32. The number of nitrogens with zero attached hydrogens (tertiary/aromatic N) is 5. The van der Waals surface area contributed by atoms with Crippen molar-refractivity contribution < 1.29 is 9.59 Å². The number of H-pyrrole nitrogens is 1. The van der Waals surface area contributed by atoms with Gasteiger partial charge >= 0.3 is 11.7 Å². The average molecular weight is 711 g/mol. The van der Waals surface area contributed by atoms with E-state index in [0.717, 1.165) is 31.2 Å². The lowest BCUT2D eigenvalue weighted by molar-refractivity contribution is -0.133. The van der Waals surface area contributed by atoms with Crippen LogP contribution in [0.25, 0.3) is 11.0 Å². The smallest absolute Gasteiger partial charge is 0.326 e. The Balaban J connectivity index is 1.14. The standard InChI is InChI=1S/C31H33Br2N7O3/c32-22-5-6-25(33)21(19-22)20-27(29(41)38-17-15-37(16-18-38)23-7-11-34-12-8-23)36-30(42)39-13-9-24(10-14-39)40-28-4-2-1-3-26(28)35-31(40)43/h1-8,11-12,19,24,27H,9-10,13-18,20H2,(H,35,43)(H,36,42). The molecule has 0 saturated carbocycles. The van der Waals surface area contributed by atoms with Crippen LogP contribution in [-0.2, 0) is 11.2 Å². The monoisotopic (exact) mass is 709 g/mol. The molecule has 2 aromatic heterocycles. The van der Waals surface area contributed by atoms with Crippen LogP contribution in [0.5, 0.6) is 0 Å². The van der Waals surface area contributed by atoms with Crippen molar-refractivity contribution in [2.45, 2.75) is 31.3 Å². The molecule has 43 heavy (non-hydrogen) atoms. The number of urea groups is 1. The molecule has 2 aliphatic rings. The highest BCUT2D eigenvalue weighted by molar-refractivity contribution is 9.11. The molecule has 6 rings (SSSR count). The van der Waals surface area contributed by atoms with Crippen LogP contribution in [0, 0.1) is 0 Å². The SMILES string of the molecule is O=C(NC(Cc1cc(Br)ccc1Br)C(=O)N1CCN(c2ccncc2)CC1)N1CCC(n2c(=O)[nH]c3ccccc32)CC1. The maximum Gasteiger partial charge on any atom is 0.326 e. The third kappa shape index (κ3) is 6.50. The molecule has 4 heterocycles. The van der Waals surface area contributed by atoms with Gasteiger partial charge in [0.1, 0.15) is 6.04 Å². The van der Waals surface area contributed by atoms with E-state index >= 15 is 0 Å². The maximum atomic E-state index is 13.9. The number of para-hydroxylation sites is 2. The molecule has 4 aromatic rings. The number of aromatic nitrogens is 3. The summed E-state index contributed by atoms with van der Waals surface area (Å²) in [7, 11) is 0. The number of nitrogens with one attached hydrogen (secondary N) is 2. The van der Waals surface area contributed by atoms with Gasteiger partial charge in [0.15, 0.2) is 0 Å². The lowest BCUT2D eigenvalue weighted by Gasteiger charge is -2.38. The van der Waals surface area contributed by atoms with Crippen LogP contribution >= 0.6 is 31.9 Å². The fraction of sp³-hybridized carbons (Fsp3) is 0.355. The molecule has 10 nitrogen and oxygen atoms in total. The first kappa shape index (κ1) is 29.4. The number of hydrogen-bond acceptors (Lipinski definition) is 5. The van der Waals surface area contributed by atoms with Crippen molar-refractivity contribution in [2.24, 2.45) is 0 Å². The second kappa shape index (κ2) is 12.9. The number of piperidine rings is 1. The third-order valence-electron chi connectivity index (χ3n) is 8.39. The van der Waals surface area contributed by atoms with E-state index in [4.69, 9.17) is 0 Å². The van der Waals surface area contributed by atoms with Gasteiger partial charge in [0.05, 0.1) is 11.0 Å². The Labute approximate surface area is 266 Å². The molecule has 0 aliphatic carbocycles. The summed E-state index contributed by atoms with van der Waals surface area (Å²) in [5.41, 5.74) is 3.58. The van der Waals surface area contributed by atoms with E-state index in [9.17, 15) is 14.4 Å². The Morgan fingerprint density at radius 2 is 1.65 bits per heavy atom. The highest BCUT2D eigenvalue weighted by atomic mass is 79.9. The first-order valence-electron chi connectivity index (χ1n) is 14.5. The number of carbonyl (C=O) groups excluding carboxylic acids is 2. The minimum atomic E-state index is -0.723. The van der Waals surface area contributed by atoms with Crippen LogP contribution in [0.4, 0.5) is 10.5 Å². The molecule has 2 N–H and O–H groups in total. The van der Waals surface area contributed by atoms with Gasteiger partial charge in [0.25, 0.3) is 0 Å². The molecule has 0 spiro atoms. The normalized spacial score (nSPS) is 16.8. The molecular weight excluding hydrogens is 678 g/mol. The van der Waals surface area contributed by atoms with Crippen molar-refractivity contribution in [3.8, 4) is 0 Å². The average Bonchev–Trinajstić information content (AvgIpc) is 3.38. The summed E-state index contributed by atoms with van der Waals surface area (Å²) in [6, 6.07) is 16.5. The number of imidazole rings is 1. The quantitative estimate of drug-likeness (QED) is 0.306. The summed E-state index contributed by atoms with van der Waals surface area (Å²) in [4.78, 5) is 53.1. The molecule has 1 unspecified atom stereocenters. The molecule has 0 bridgehead atoms. The molecule has 3 amide bonds. The van der Waals surface area contributed by atoms with E-state index in [0.29, 0.717) is 58.5 Å². The zero-order chi connectivity index (χ0) is 29.9. The van der Waals surface area contributed by atoms with Gasteiger partial charge in [-0.15, -0.1) is 0 Å². The van der Waals surface area contributed by atoms with Gasteiger partial charge in [-0.05, 0) is 60.9 Å². The van der Waals surface area contributed by atoms with Gasteiger partial charge in [-0.3, -0.25) is 14.3 Å². The third-order valence-corrected chi connectivity index (χ3v) is 9.65. The maximum absolute atomic E-state index is 13.9. The number of hydrogen-bond donors (Lipinski definition) is 2. The van der Waals surface area contributed by atoms with Crippen molar-refractivity contribution in [1.82, 2.24) is 29.7 Å². The van der Waals surface area contributed by atoms with Crippen molar-refractivity contribution in [3.63, 3.8) is 0 Å². The minimum Gasteiger partial charge on any atom is -0.368 e. The number of piperazine rings is 1. The predicted octanol–water partition coefficient (Wildman–Crippen LogP) is 4.56. The second-order valence-electron chi connectivity index (χ2n) is 11.0. The predicted molar refractivity (Wildman–Crippen MR) is 173 cm³/mol. The Kier molecular flexibility index (Phi) is 8.85. The summed E-state index contributed by atoms with van der Waals surface area (Å²) < 4.78 is 3.60. The fourth-order valence-electron chi connectivity index (χ4n) is 6.08. The zero-order valence-electron chi connectivity index (χ0n) is 23.6. The van der Waals surface area contributed by atoms with Crippen LogP contribution in [0.1, 0.15) is 24.4 Å². The molecular formula is C31H33Br2N7O3. The van der Waals surface area contributed by atoms with Crippen molar-refractivity contribution in [2.75, 3.05) is 44.2 Å². The second-order valence-corrected chi connectivity index (χ2v) is 12.8. The van der Waals surface area contributed by atoms with Crippen LogP contribution in [0.15, 0.2) is 80.7 Å². The van der Waals surface area contributed by atoms with E-state index in [-0.39, 0.29) is 23.7 Å². The van der Waals surface area contributed by atoms with Crippen LogP contribution in [0.3, 0.4) is 0 Å². The number of fused-ring (bicyclic) bond motifs is 1.